The van der Waals surface area contributed by atoms with Gasteiger partial charge in [0.2, 0.25) is 35.5 Å². The van der Waals surface area contributed by atoms with Crippen LogP contribution < -0.4 is 44.3 Å². The zero-order valence-electron chi connectivity index (χ0n) is 53.5. The third-order valence-corrected chi connectivity index (χ3v) is 16.6. The number of aliphatic hydroxyl groups excluding tert-OH is 1. The molecule has 3 aliphatic rings. The van der Waals surface area contributed by atoms with E-state index < -0.39 is 134 Å². The molecule has 4 aromatic carbocycles. The van der Waals surface area contributed by atoms with Gasteiger partial charge in [-0.3, -0.25) is 54.3 Å². The van der Waals surface area contributed by atoms with E-state index in [2.05, 4.69) is 26.3 Å². The molecule has 3 fully saturated rings. The Labute approximate surface area is 555 Å². The number of aliphatic hydroxyl groups is 1. The molecule has 0 spiro atoms. The number of Topliss-reactive ketones (excluding diaryl/α,β-unsaturated/α-hetero) is 2. The van der Waals surface area contributed by atoms with Crippen LogP contribution in [0.4, 0.5) is 19.2 Å². The Hall–Kier alpha value is -10.5. The number of amides is 11. The Kier molecular flexibility index (Phi) is 28.0. The summed E-state index contributed by atoms with van der Waals surface area (Å²) in [7, 11) is 0. The molecule has 0 radical (unpaired) electrons. The zero-order chi connectivity index (χ0) is 69.1. The van der Waals surface area contributed by atoms with E-state index in [1.54, 1.807) is 121 Å². The number of urea groups is 2. The first-order chi connectivity index (χ1) is 46.2. The standard InChI is InChI=1S/C66H86N16O14/c67-61(68)72-29-16-30-77(63(70)91)40-55(85)50(37-45-20-7-2-8-21-45)74-58(88)53-27-14-31-78(53)59(89)51(41-83)75-56(86)48(36-44-18-5-1-6-19-44)38-49(84)39-73-57(87)52-26-13-32-79(52)60(90)54-28-15-33-80(54)65(93)82(71)35-17-34-81(66(94)96-43-47-24-11-4-12-25-47)62(69)76-64(92)95-42-46-22-9-3-10-23-46/h1-12,18-25,48,50-54,83H,13-17,26-43,71H2,(H2,70,91)(H,73,87)(H,74,88)(H,75,86)(H4,67,68,72)(H2,69,76,92)/t48-,50+,51+,52+,53+,54+/m1/s1. The lowest BCUT2D eigenvalue weighted by Crippen LogP contribution is -2.57. The highest BCUT2D eigenvalue weighted by atomic mass is 16.6. The Balaban J connectivity index is 0.927. The number of carbonyl (C=O) groups excluding carboxylic acids is 11. The fourth-order valence-electron chi connectivity index (χ4n) is 11.6. The van der Waals surface area contributed by atoms with Crippen molar-refractivity contribution in [1.29, 1.82) is 5.41 Å². The minimum atomic E-state index is -1.57. The number of rotatable bonds is 31. The van der Waals surface area contributed by atoms with Gasteiger partial charge in [-0.05, 0) is 86.5 Å². The molecule has 11 amide bonds. The third kappa shape index (κ3) is 21.8. The van der Waals surface area contributed by atoms with Crippen molar-refractivity contribution in [3.05, 3.63) is 144 Å². The molecule has 0 saturated carbocycles. The molecule has 0 aliphatic carbocycles. The quantitative estimate of drug-likeness (QED) is 0.00849. The Bertz CT molecular complexity index is 3370. The van der Waals surface area contributed by atoms with E-state index in [-0.39, 0.29) is 110 Å². The van der Waals surface area contributed by atoms with Crippen molar-refractivity contribution < 1.29 is 67.3 Å². The molecule has 0 aromatic heterocycles. The maximum absolute atomic E-state index is 14.3. The molecule has 30 nitrogen and oxygen atoms in total. The zero-order valence-corrected chi connectivity index (χ0v) is 53.5. The number of guanidine groups is 2. The summed E-state index contributed by atoms with van der Waals surface area (Å²) in [5, 5.41) is 30.4. The second-order valence-corrected chi connectivity index (χ2v) is 23.5. The number of nitrogens with two attached hydrogens (primary N) is 4. The summed E-state index contributed by atoms with van der Waals surface area (Å²) < 4.78 is 10.7. The van der Waals surface area contributed by atoms with Crippen LogP contribution in [0.2, 0.25) is 0 Å². The highest BCUT2D eigenvalue weighted by molar-refractivity contribution is 6.00. The monoisotopic (exact) mass is 1330 g/mol. The summed E-state index contributed by atoms with van der Waals surface area (Å²) in [5.41, 5.74) is 19.2. The van der Waals surface area contributed by atoms with Gasteiger partial charge in [-0.2, -0.15) is 0 Å². The van der Waals surface area contributed by atoms with Gasteiger partial charge in [0.05, 0.1) is 25.7 Å². The smallest absolute Gasteiger partial charge is 0.416 e. The molecule has 3 heterocycles. The van der Waals surface area contributed by atoms with Crippen molar-refractivity contribution >= 4 is 77.3 Å². The number of carbonyl (C=O) groups is 11. The number of aliphatic imine (C=N–C) groups is 1. The lowest BCUT2D eigenvalue weighted by atomic mass is 9.93. The number of nitrogens with one attached hydrogen (secondary N) is 5. The first-order valence-corrected chi connectivity index (χ1v) is 31.9. The first kappa shape index (κ1) is 72.9. The van der Waals surface area contributed by atoms with Crippen LogP contribution in [-0.4, -0.2) is 208 Å². The third-order valence-electron chi connectivity index (χ3n) is 16.6. The molecule has 0 unspecified atom stereocenters. The summed E-state index contributed by atoms with van der Waals surface area (Å²) in [5.74, 6) is -0.120. The van der Waals surface area contributed by atoms with Gasteiger partial charge in [0.1, 0.15) is 37.4 Å². The van der Waals surface area contributed by atoms with Crippen LogP contribution >= 0.6 is 0 Å². The largest absolute Gasteiger partial charge is 0.444 e. The average Bonchev–Trinajstić information content (AvgIpc) is 1.64. The lowest BCUT2D eigenvalue weighted by molar-refractivity contribution is -0.143. The number of nitrogens with zero attached hydrogens (tertiary/aromatic N) is 7. The molecule has 3 aliphatic heterocycles. The van der Waals surface area contributed by atoms with Gasteiger partial charge in [0.15, 0.2) is 17.5 Å². The Morgan fingerprint density at radius 1 is 0.625 bits per heavy atom. The number of benzene rings is 4. The van der Waals surface area contributed by atoms with Gasteiger partial charge in [-0.1, -0.05) is 121 Å². The summed E-state index contributed by atoms with van der Waals surface area (Å²) >= 11 is 0. The molecule has 0 bridgehead atoms. The van der Waals surface area contributed by atoms with E-state index in [9.17, 15) is 57.8 Å². The van der Waals surface area contributed by atoms with Crippen LogP contribution in [0.25, 0.3) is 0 Å². The van der Waals surface area contributed by atoms with Crippen molar-refractivity contribution in [1.82, 2.24) is 50.8 Å². The van der Waals surface area contributed by atoms with Crippen molar-refractivity contribution in [2.45, 2.75) is 114 Å². The molecule has 7 rings (SSSR count). The summed E-state index contributed by atoms with van der Waals surface area (Å²) in [6.07, 6.45) is -0.166. The predicted molar refractivity (Wildman–Crippen MR) is 350 cm³/mol. The summed E-state index contributed by atoms with van der Waals surface area (Å²) in [6, 6.07) is 27.7. The highest BCUT2D eigenvalue weighted by Crippen LogP contribution is 2.27. The summed E-state index contributed by atoms with van der Waals surface area (Å²) in [4.78, 5) is 161. The Morgan fingerprint density at radius 2 is 1.17 bits per heavy atom. The fourth-order valence-corrected chi connectivity index (χ4v) is 11.6. The van der Waals surface area contributed by atoms with Gasteiger partial charge < -0.3 is 67.3 Å². The molecule has 14 N–H and O–H groups in total. The van der Waals surface area contributed by atoms with Crippen molar-refractivity contribution in [2.75, 3.05) is 65.5 Å². The van der Waals surface area contributed by atoms with Crippen molar-refractivity contribution in [3.8, 4) is 0 Å². The molecule has 30 heteroatoms. The number of likely N-dealkylation sites (tertiary alicyclic amines) is 3. The minimum Gasteiger partial charge on any atom is -0.444 e. The normalized spacial score (nSPS) is 16.6. The van der Waals surface area contributed by atoms with E-state index in [4.69, 9.17) is 37.9 Å². The van der Waals surface area contributed by atoms with E-state index in [1.165, 1.54) is 14.7 Å². The number of alkyl carbamates (subject to hydrolysis) is 1. The van der Waals surface area contributed by atoms with E-state index >= 15 is 0 Å². The first-order valence-electron chi connectivity index (χ1n) is 31.9. The maximum atomic E-state index is 14.3. The number of hydrogen-bond acceptors (Lipinski definition) is 17. The van der Waals surface area contributed by atoms with Crippen LogP contribution in [0.15, 0.2) is 126 Å². The van der Waals surface area contributed by atoms with Gasteiger partial charge in [0, 0.05) is 58.2 Å². The lowest BCUT2D eigenvalue weighted by Gasteiger charge is -2.33. The van der Waals surface area contributed by atoms with Gasteiger partial charge in [0.25, 0.3) is 0 Å². The molecular formula is C66H86N16O14. The maximum Gasteiger partial charge on any atom is 0.416 e. The van der Waals surface area contributed by atoms with E-state index in [0.29, 0.717) is 41.5 Å². The molecule has 514 valence electrons. The van der Waals surface area contributed by atoms with Crippen molar-refractivity contribution in [3.63, 3.8) is 0 Å². The number of ketones is 2. The van der Waals surface area contributed by atoms with Gasteiger partial charge in [-0.25, -0.2) is 29.9 Å². The second-order valence-electron chi connectivity index (χ2n) is 23.5. The van der Waals surface area contributed by atoms with Crippen LogP contribution in [0.3, 0.4) is 0 Å². The number of hydrazine groups is 1. The van der Waals surface area contributed by atoms with Gasteiger partial charge >= 0.3 is 24.2 Å². The minimum absolute atomic E-state index is 0.00778. The van der Waals surface area contributed by atoms with Crippen molar-refractivity contribution in [2.24, 2.45) is 34.0 Å². The molecular weight excluding hydrogens is 1240 g/mol. The predicted octanol–water partition coefficient (Wildman–Crippen LogP) is 1.37. The fraction of sp³-hybridized carbons (Fsp3) is 0.439. The number of ether oxygens (including phenoxy) is 2. The molecule has 96 heavy (non-hydrogen) atoms. The summed E-state index contributed by atoms with van der Waals surface area (Å²) in [6.45, 7) is -1.93. The van der Waals surface area contributed by atoms with Gasteiger partial charge in [-0.15, -0.1) is 0 Å². The van der Waals surface area contributed by atoms with Crippen LogP contribution in [0.5, 0.6) is 0 Å². The van der Waals surface area contributed by atoms with Crippen LogP contribution in [0.1, 0.15) is 80.0 Å². The topological polar surface area (TPSA) is 434 Å². The average molecular weight is 1330 g/mol. The Morgan fingerprint density at radius 3 is 1.75 bits per heavy atom. The van der Waals surface area contributed by atoms with Crippen LogP contribution in [0, 0.1) is 11.3 Å². The van der Waals surface area contributed by atoms with Crippen LogP contribution in [-0.2, 0) is 69.1 Å². The number of hydrogen-bond donors (Lipinski definition) is 10. The van der Waals surface area contributed by atoms with E-state index in [0.717, 1.165) is 14.8 Å². The molecule has 3 saturated heterocycles. The SMILES string of the molecule is N=C(NC(=O)OCc1ccccc1)N(CCCN(N)C(=O)N1CCC[C@H]1C(=O)N1CCC[C@H]1C(=O)NCC(=O)C[C@@H](Cc1ccccc1)C(=O)N[C@@H](CO)C(=O)N1CCC[C@H]1C(=O)N[C@@H](Cc1ccccc1)C(=O)CN(CCCN=C(N)N)C(N)=O)C(=O)OCc1ccccc1. The van der Waals surface area contributed by atoms with E-state index in [1.807, 2.05) is 0 Å². The molecule has 6 atom stereocenters. The highest BCUT2D eigenvalue weighted by Gasteiger charge is 2.44. The number of primary amides is 1. The molecule has 4 aromatic rings. The second kappa shape index (κ2) is 36.8.